The van der Waals surface area contributed by atoms with Gasteiger partial charge < -0.3 is 29.4 Å². The van der Waals surface area contributed by atoms with E-state index in [0.717, 1.165) is 30.5 Å². The molecule has 2 N–H and O–H groups in total. The standard InChI is InChI=1S/C29H33Cl2FN4O5/c1-18-14-20(30)3-2-19(18)16-33-29(39)41-24-17-36(21-4-5-21)26-22(28(24)38)15-23(32)27(25(26)31)35-8-6-34(7-9-35)10-12-40-13-11-37/h2-3,14-15,17,21,37H,4-13,16H2,1H3,(H,33,39). The molecule has 3 aromatic rings. The number of nitrogens with zero attached hydrogens (tertiary/aromatic N) is 3. The Morgan fingerprint density at radius 2 is 1.90 bits per heavy atom. The summed E-state index contributed by atoms with van der Waals surface area (Å²) in [6.45, 7) is 6.13. The molecular formula is C29H33Cl2FN4O5. The molecule has 0 unspecified atom stereocenters. The number of aromatic nitrogens is 1. The zero-order valence-electron chi connectivity index (χ0n) is 22.8. The van der Waals surface area contributed by atoms with E-state index >= 15 is 4.39 Å². The largest absolute Gasteiger partial charge is 0.413 e. The average Bonchev–Trinajstić information content (AvgIpc) is 3.79. The summed E-state index contributed by atoms with van der Waals surface area (Å²) in [4.78, 5) is 30.1. The van der Waals surface area contributed by atoms with Crippen LogP contribution < -0.4 is 20.4 Å². The molecule has 1 aliphatic heterocycles. The van der Waals surface area contributed by atoms with Gasteiger partial charge in [-0.1, -0.05) is 29.3 Å². The summed E-state index contributed by atoms with van der Waals surface area (Å²) in [5.74, 6) is -0.781. The van der Waals surface area contributed by atoms with Crippen molar-refractivity contribution in [3.8, 4) is 5.75 Å². The van der Waals surface area contributed by atoms with Gasteiger partial charge in [0, 0.05) is 50.3 Å². The van der Waals surface area contributed by atoms with Crippen LogP contribution in [0.4, 0.5) is 14.9 Å². The Morgan fingerprint density at radius 3 is 2.59 bits per heavy atom. The number of halogens is 3. The Bertz CT molecular complexity index is 1490. The number of carbonyl (C=O) groups is 1. The van der Waals surface area contributed by atoms with E-state index in [1.54, 1.807) is 12.1 Å². The van der Waals surface area contributed by atoms with Crippen molar-refractivity contribution in [2.45, 2.75) is 32.4 Å². The van der Waals surface area contributed by atoms with E-state index < -0.39 is 17.3 Å². The number of rotatable bonds is 10. The molecule has 1 amide bonds. The highest BCUT2D eigenvalue weighted by Gasteiger charge is 2.31. The highest BCUT2D eigenvalue weighted by molar-refractivity contribution is 6.38. The van der Waals surface area contributed by atoms with Crippen LogP contribution in [-0.2, 0) is 11.3 Å². The van der Waals surface area contributed by atoms with Gasteiger partial charge in [-0.3, -0.25) is 9.69 Å². The summed E-state index contributed by atoms with van der Waals surface area (Å²) in [6.07, 6.45) is 2.47. The first-order valence-corrected chi connectivity index (χ1v) is 14.5. The lowest BCUT2D eigenvalue weighted by Crippen LogP contribution is -2.47. The van der Waals surface area contributed by atoms with Gasteiger partial charge in [-0.15, -0.1) is 0 Å². The number of aliphatic hydroxyl groups is 1. The van der Waals surface area contributed by atoms with E-state index in [4.69, 9.17) is 37.8 Å². The van der Waals surface area contributed by atoms with Crippen LogP contribution in [0.3, 0.4) is 0 Å². The molecular weight excluding hydrogens is 574 g/mol. The molecule has 0 bridgehead atoms. The van der Waals surface area contributed by atoms with Crippen molar-refractivity contribution in [3.05, 3.63) is 67.7 Å². The van der Waals surface area contributed by atoms with Crippen LogP contribution in [0.25, 0.3) is 10.9 Å². The smallest absolute Gasteiger partial charge is 0.405 e. The zero-order chi connectivity index (χ0) is 29.1. The summed E-state index contributed by atoms with van der Waals surface area (Å²) in [7, 11) is 0. The third kappa shape index (κ3) is 6.79. The molecule has 2 aromatic carbocycles. The van der Waals surface area contributed by atoms with Gasteiger partial charge in [0.15, 0.2) is 5.75 Å². The lowest BCUT2D eigenvalue weighted by molar-refractivity contribution is 0.0724. The fourth-order valence-corrected chi connectivity index (χ4v) is 5.76. The number of ether oxygens (including phenoxy) is 2. The first-order chi connectivity index (χ1) is 19.8. The molecule has 1 aromatic heterocycles. The van der Waals surface area contributed by atoms with Crippen LogP contribution in [0, 0.1) is 12.7 Å². The molecule has 1 saturated heterocycles. The molecule has 1 saturated carbocycles. The van der Waals surface area contributed by atoms with E-state index in [1.807, 2.05) is 22.5 Å². The van der Waals surface area contributed by atoms with Crippen molar-refractivity contribution < 1.29 is 23.8 Å². The van der Waals surface area contributed by atoms with E-state index in [1.165, 1.54) is 12.3 Å². The molecule has 0 spiro atoms. The van der Waals surface area contributed by atoms with Crippen molar-refractivity contribution in [1.82, 2.24) is 14.8 Å². The van der Waals surface area contributed by atoms with Gasteiger partial charge in [0.05, 0.1) is 47.6 Å². The number of nitrogens with one attached hydrogen (secondary N) is 1. The zero-order valence-corrected chi connectivity index (χ0v) is 24.3. The average molecular weight is 608 g/mol. The van der Waals surface area contributed by atoms with Crippen LogP contribution in [0.2, 0.25) is 10.0 Å². The minimum Gasteiger partial charge on any atom is -0.405 e. The Hall–Kier alpha value is -2.89. The summed E-state index contributed by atoms with van der Waals surface area (Å²) in [5.41, 5.74) is 1.88. The Balaban J connectivity index is 1.36. The van der Waals surface area contributed by atoms with Gasteiger partial charge in [-0.25, -0.2) is 9.18 Å². The number of amides is 1. The molecule has 0 atom stereocenters. The quantitative estimate of drug-likeness (QED) is 0.328. The Kier molecular flexibility index (Phi) is 9.35. The number of pyridine rings is 1. The predicted molar refractivity (Wildman–Crippen MR) is 157 cm³/mol. The van der Waals surface area contributed by atoms with Gasteiger partial charge >= 0.3 is 6.09 Å². The Labute approximate surface area is 247 Å². The maximum absolute atomic E-state index is 15.6. The van der Waals surface area contributed by atoms with Crippen molar-refractivity contribution in [2.24, 2.45) is 0 Å². The van der Waals surface area contributed by atoms with Gasteiger partial charge in [-0.05, 0) is 49.1 Å². The highest BCUT2D eigenvalue weighted by atomic mass is 35.5. The number of hydrogen-bond acceptors (Lipinski definition) is 7. The number of fused-ring (bicyclic) bond motifs is 1. The predicted octanol–water partition coefficient (Wildman–Crippen LogP) is 4.51. The molecule has 1 aliphatic carbocycles. The molecule has 41 heavy (non-hydrogen) atoms. The number of aliphatic hydroxyl groups excluding tert-OH is 1. The third-order valence-electron chi connectivity index (χ3n) is 7.50. The minimum atomic E-state index is -0.791. The number of hydrogen-bond donors (Lipinski definition) is 2. The van der Waals surface area contributed by atoms with Gasteiger partial charge in [-0.2, -0.15) is 0 Å². The second-order valence-electron chi connectivity index (χ2n) is 10.4. The number of benzene rings is 2. The number of anilines is 1. The summed E-state index contributed by atoms with van der Waals surface area (Å²) >= 11 is 12.9. The van der Waals surface area contributed by atoms with Gasteiger partial charge in [0.2, 0.25) is 5.43 Å². The molecule has 2 heterocycles. The first kappa shape index (κ1) is 29.6. The minimum absolute atomic E-state index is 0.00961. The maximum atomic E-state index is 15.6. The van der Waals surface area contributed by atoms with Crippen LogP contribution in [0.5, 0.6) is 5.75 Å². The van der Waals surface area contributed by atoms with Crippen molar-refractivity contribution in [2.75, 3.05) is 57.4 Å². The molecule has 5 rings (SSSR count). The van der Waals surface area contributed by atoms with Gasteiger partial charge in [0.25, 0.3) is 0 Å². The lowest BCUT2D eigenvalue weighted by Gasteiger charge is -2.36. The van der Waals surface area contributed by atoms with E-state index in [-0.39, 0.29) is 41.0 Å². The number of aryl methyl sites for hydroxylation is 1. The number of piperazine rings is 1. The van der Waals surface area contributed by atoms with Crippen molar-refractivity contribution >= 4 is 45.9 Å². The van der Waals surface area contributed by atoms with Crippen LogP contribution in [0.1, 0.15) is 30.0 Å². The second-order valence-corrected chi connectivity index (χ2v) is 11.2. The molecule has 0 radical (unpaired) electrons. The normalized spacial score (nSPS) is 15.9. The number of carbonyl (C=O) groups excluding carboxylic acids is 1. The first-order valence-electron chi connectivity index (χ1n) is 13.7. The topological polar surface area (TPSA) is 96.3 Å². The molecule has 2 fully saturated rings. The monoisotopic (exact) mass is 606 g/mol. The molecule has 220 valence electrons. The SMILES string of the molecule is Cc1cc(Cl)ccc1CNC(=O)Oc1cn(C2CC2)c2c(Cl)c(N3CCN(CCOCCO)CC3)c(F)cc2c1=O. The molecule has 12 heteroatoms. The van der Waals surface area contributed by atoms with Crippen LogP contribution in [0.15, 0.2) is 35.3 Å². The van der Waals surface area contributed by atoms with Crippen molar-refractivity contribution in [1.29, 1.82) is 0 Å². The lowest BCUT2D eigenvalue weighted by atomic mass is 10.1. The highest BCUT2D eigenvalue weighted by Crippen LogP contribution is 2.42. The van der Waals surface area contributed by atoms with Crippen LogP contribution >= 0.6 is 23.2 Å². The summed E-state index contributed by atoms with van der Waals surface area (Å²) in [5, 5.41) is 12.4. The van der Waals surface area contributed by atoms with Crippen LogP contribution in [-0.4, -0.2) is 73.2 Å². The summed E-state index contributed by atoms with van der Waals surface area (Å²) < 4.78 is 28.2. The Morgan fingerprint density at radius 1 is 1.15 bits per heavy atom. The molecule has 2 aliphatic rings. The third-order valence-corrected chi connectivity index (χ3v) is 8.09. The fourth-order valence-electron chi connectivity index (χ4n) is 5.13. The second kappa shape index (κ2) is 13.0. The van der Waals surface area contributed by atoms with E-state index in [0.29, 0.717) is 49.9 Å². The maximum Gasteiger partial charge on any atom is 0.413 e. The summed E-state index contributed by atoms with van der Waals surface area (Å²) in [6, 6.07) is 6.62. The van der Waals surface area contributed by atoms with Crippen molar-refractivity contribution in [3.63, 3.8) is 0 Å². The van der Waals surface area contributed by atoms with E-state index in [2.05, 4.69) is 10.2 Å². The van der Waals surface area contributed by atoms with E-state index in [9.17, 15) is 9.59 Å². The fraction of sp³-hybridized carbons (Fsp3) is 0.448. The van der Waals surface area contributed by atoms with Gasteiger partial charge in [0.1, 0.15) is 5.82 Å². The molecule has 9 nitrogen and oxygen atoms in total.